The van der Waals surface area contributed by atoms with Gasteiger partial charge >= 0.3 is 0 Å². The van der Waals surface area contributed by atoms with E-state index in [4.69, 9.17) is 0 Å². The molecule has 0 atom stereocenters. The van der Waals surface area contributed by atoms with Crippen LogP contribution in [-0.2, 0) is 6.42 Å². The highest BCUT2D eigenvalue weighted by atomic mass is 15.4. The Morgan fingerprint density at radius 3 is 2.76 bits per heavy atom. The number of piperidine rings is 1. The van der Waals surface area contributed by atoms with Gasteiger partial charge in [-0.1, -0.05) is 25.1 Å². The molecule has 3 aromatic rings. The lowest BCUT2D eigenvalue weighted by Gasteiger charge is -2.34. The third-order valence-corrected chi connectivity index (χ3v) is 4.97. The molecule has 6 nitrogen and oxygen atoms in total. The lowest BCUT2D eigenvalue weighted by Crippen LogP contribution is -2.40. The van der Waals surface area contributed by atoms with Gasteiger partial charge in [0.05, 0.1) is 0 Å². The monoisotopic (exact) mass is 336 g/mol. The molecule has 25 heavy (non-hydrogen) atoms. The van der Waals surface area contributed by atoms with Gasteiger partial charge in [-0.3, -0.25) is 0 Å². The summed E-state index contributed by atoms with van der Waals surface area (Å²) in [6.07, 6.45) is 4.70. The van der Waals surface area contributed by atoms with Crippen LogP contribution in [-0.4, -0.2) is 38.7 Å². The second-order valence-corrected chi connectivity index (χ2v) is 6.65. The highest BCUT2D eigenvalue weighted by Crippen LogP contribution is 2.24. The molecule has 0 amide bonds. The van der Waals surface area contributed by atoms with Crippen molar-refractivity contribution in [2.75, 3.05) is 23.3 Å². The summed E-state index contributed by atoms with van der Waals surface area (Å²) in [6.45, 7) is 6.29. The molecule has 1 aliphatic heterocycles. The molecule has 1 fully saturated rings. The SMILES string of the molecule is CCc1cc(N2CCC(Nc3ccccc3C)CC2)n2ncnc2n1. The number of hydrogen-bond acceptors (Lipinski definition) is 5. The summed E-state index contributed by atoms with van der Waals surface area (Å²) in [5.41, 5.74) is 3.61. The van der Waals surface area contributed by atoms with Crippen molar-refractivity contribution in [1.29, 1.82) is 0 Å². The molecule has 3 heterocycles. The van der Waals surface area contributed by atoms with Gasteiger partial charge in [-0.05, 0) is 37.8 Å². The molecular weight excluding hydrogens is 312 g/mol. The van der Waals surface area contributed by atoms with Crippen LogP contribution in [0.2, 0.25) is 0 Å². The number of hydrogen-bond donors (Lipinski definition) is 1. The maximum Gasteiger partial charge on any atom is 0.254 e. The van der Waals surface area contributed by atoms with E-state index in [1.54, 1.807) is 6.33 Å². The minimum atomic E-state index is 0.510. The van der Waals surface area contributed by atoms with E-state index in [1.165, 1.54) is 11.3 Å². The van der Waals surface area contributed by atoms with Crippen LogP contribution in [0.3, 0.4) is 0 Å². The Morgan fingerprint density at radius 1 is 1.20 bits per heavy atom. The van der Waals surface area contributed by atoms with Crippen LogP contribution in [0.15, 0.2) is 36.7 Å². The molecule has 0 radical (unpaired) electrons. The van der Waals surface area contributed by atoms with E-state index in [0.29, 0.717) is 11.8 Å². The van der Waals surface area contributed by atoms with Crippen LogP contribution in [0.4, 0.5) is 11.5 Å². The first-order valence-electron chi connectivity index (χ1n) is 9.01. The molecular formula is C19H24N6. The highest BCUT2D eigenvalue weighted by Gasteiger charge is 2.22. The molecule has 4 rings (SSSR count). The summed E-state index contributed by atoms with van der Waals surface area (Å²) >= 11 is 0. The van der Waals surface area contributed by atoms with Gasteiger partial charge in [0, 0.05) is 36.6 Å². The Morgan fingerprint density at radius 2 is 2.00 bits per heavy atom. The molecule has 130 valence electrons. The maximum atomic E-state index is 4.54. The number of aryl methyl sites for hydroxylation is 2. The number of fused-ring (bicyclic) bond motifs is 1. The smallest absolute Gasteiger partial charge is 0.254 e. The van der Waals surface area contributed by atoms with Crippen molar-refractivity contribution < 1.29 is 0 Å². The van der Waals surface area contributed by atoms with Crippen LogP contribution < -0.4 is 10.2 Å². The van der Waals surface area contributed by atoms with E-state index < -0.39 is 0 Å². The van der Waals surface area contributed by atoms with Gasteiger partial charge in [-0.15, -0.1) is 0 Å². The van der Waals surface area contributed by atoms with E-state index in [0.717, 1.165) is 43.9 Å². The summed E-state index contributed by atoms with van der Waals surface area (Å²) in [5.74, 6) is 1.79. The Kier molecular flexibility index (Phi) is 4.26. The summed E-state index contributed by atoms with van der Waals surface area (Å²) in [7, 11) is 0. The van der Waals surface area contributed by atoms with Gasteiger partial charge in [0.2, 0.25) is 0 Å². The minimum absolute atomic E-state index is 0.510. The van der Waals surface area contributed by atoms with Crippen LogP contribution in [0.5, 0.6) is 0 Å². The molecule has 0 unspecified atom stereocenters. The Labute approximate surface area is 147 Å². The van der Waals surface area contributed by atoms with Crippen LogP contribution in [0, 0.1) is 6.92 Å². The summed E-state index contributed by atoms with van der Waals surface area (Å²) in [4.78, 5) is 11.2. The van der Waals surface area contributed by atoms with Crippen LogP contribution >= 0.6 is 0 Å². The van der Waals surface area contributed by atoms with E-state index in [2.05, 4.69) is 69.5 Å². The average molecular weight is 336 g/mol. The largest absolute Gasteiger partial charge is 0.382 e. The summed E-state index contributed by atoms with van der Waals surface area (Å²) < 4.78 is 1.86. The number of anilines is 2. The fourth-order valence-corrected chi connectivity index (χ4v) is 3.46. The van der Waals surface area contributed by atoms with E-state index in [-0.39, 0.29) is 0 Å². The second kappa shape index (κ2) is 6.70. The van der Waals surface area contributed by atoms with Crippen LogP contribution in [0.25, 0.3) is 5.78 Å². The number of benzene rings is 1. The first-order chi connectivity index (χ1) is 12.2. The van der Waals surface area contributed by atoms with Gasteiger partial charge in [-0.2, -0.15) is 14.6 Å². The molecule has 6 heteroatoms. The van der Waals surface area contributed by atoms with E-state index in [1.807, 2.05) is 4.52 Å². The summed E-state index contributed by atoms with van der Waals surface area (Å²) in [6, 6.07) is 11.2. The van der Waals surface area contributed by atoms with Gasteiger partial charge in [0.25, 0.3) is 5.78 Å². The number of para-hydroxylation sites is 1. The fourth-order valence-electron chi connectivity index (χ4n) is 3.46. The highest BCUT2D eigenvalue weighted by molar-refractivity contribution is 5.52. The molecule has 0 saturated carbocycles. The zero-order valence-corrected chi connectivity index (χ0v) is 14.8. The summed E-state index contributed by atoms with van der Waals surface area (Å²) in [5, 5.41) is 8.06. The molecule has 1 aromatic carbocycles. The lowest BCUT2D eigenvalue weighted by molar-refractivity contribution is 0.520. The predicted molar refractivity (Wildman–Crippen MR) is 100 cm³/mol. The molecule has 1 N–H and O–H groups in total. The van der Waals surface area contributed by atoms with Crippen molar-refractivity contribution in [2.45, 2.75) is 39.2 Å². The van der Waals surface area contributed by atoms with Crippen molar-refractivity contribution in [1.82, 2.24) is 19.6 Å². The predicted octanol–water partition coefficient (Wildman–Crippen LogP) is 3.08. The molecule has 1 saturated heterocycles. The van der Waals surface area contributed by atoms with Crippen molar-refractivity contribution >= 4 is 17.3 Å². The number of aromatic nitrogens is 4. The maximum absolute atomic E-state index is 4.54. The van der Waals surface area contributed by atoms with Gasteiger partial charge < -0.3 is 10.2 Å². The topological polar surface area (TPSA) is 58.4 Å². The zero-order valence-electron chi connectivity index (χ0n) is 14.8. The van der Waals surface area contributed by atoms with E-state index in [9.17, 15) is 0 Å². The quantitative estimate of drug-likeness (QED) is 0.793. The third-order valence-electron chi connectivity index (χ3n) is 4.97. The Hall–Kier alpha value is -2.63. The minimum Gasteiger partial charge on any atom is -0.382 e. The number of rotatable bonds is 4. The van der Waals surface area contributed by atoms with Gasteiger partial charge in [-0.25, -0.2) is 4.98 Å². The first-order valence-corrected chi connectivity index (χ1v) is 9.01. The molecule has 2 aromatic heterocycles. The average Bonchev–Trinajstić information content (AvgIpc) is 3.12. The lowest BCUT2D eigenvalue weighted by atomic mass is 10.0. The zero-order chi connectivity index (χ0) is 17.2. The van der Waals surface area contributed by atoms with Crippen molar-refractivity contribution in [2.24, 2.45) is 0 Å². The molecule has 1 aliphatic rings. The molecule has 0 spiro atoms. The van der Waals surface area contributed by atoms with Gasteiger partial charge in [0.1, 0.15) is 12.1 Å². The first kappa shape index (κ1) is 15.9. The van der Waals surface area contributed by atoms with Crippen molar-refractivity contribution in [3.05, 3.63) is 47.9 Å². The number of nitrogens with one attached hydrogen (secondary N) is 1. The van der Waals surface area contributed by atoms with Crippen molar-refractivity contribution in [3.63, 3.8) is 0 Å². The fraction of sp³-hybridized carbons (Fsp3) is 0.421. The Bertz CT molecular complexity index is 863. The van der Waals surface area contributed by atoms with E-state index >= 15 is 0 Å². The standard InChI is InChI=1S/C19H24N6/c1-3-15-12-18(25-19(23-15)20-13-21-25)24-10-8-16(9-11-24)22-17-7-5-4-6-14(17)2/h4-7,12-13,16,22H,3,8-11H2,1-2H3. The van der Waals surface area contributed by atoms with Crippen LogP contribution in [0.1, 0.15) is 31.0 Å². The third kappa shape index (κ3) is 3.16. The normalized spacial score (nSPS) is 15.7. The number of nitrogens with zero attached hydrogens (tertiary/aromatic N) is 5. The van der Waals surface area contributed by atoms with Crippen molar-refractivity contribution in [3.8, 4) is 0 Å². The Balaban J connectivity index is 1.49. The van der Waals surface area contributed by atoms with Gasteiger partial charge in [0.15, 0.2) is 0 Å². The molecule has 0 bridgehead atoms. The second-order valence-electron chi connectivity index (χ2n) is 6.65. The molecule has 0 aliphatic carbocycles.